The Hall–Kier alpha value is -0.0900. The highest BCUT2D eigenvalue weighted by Crippen LogP contribution is 2.36. The van der Waals surface area contributed by atoms with E-state index in [0.29, 0.717) is 13.2 Å². The molecule has 0 fully saturated rings. The van der Waals surface area contributed by atoms with Gasteiger partial charge in [0.25, 0.3) is 8.38 Å². The predicted molar refractivity (Wildman–Crippen MR) is 57.4 cm³/mol. The molecule has 0 aliphatic heterocycles. The molecule has 0 bridgehead atoms. The Bertz CT molecular complexity index is 179. The smallest absolute Gasteiger partial charge is 0.256 e. The first kappa shape index (κ1) is 12.9. The van der Waals surface area contributed by atoms with Gasteiger partial charge in [0.15, 0.2) is 0 Å². The fourth-order valence-corrected chi connectivity index (χ4v) is 1.65. The quantitative estimate of drug-likeness (QED) is 0.514. The third-order valence-corrected chi connectivity index (χ3v) is 2.29. The van der Waals surface area contributed by atoms with Crippen LogP contribution in [0.2, 0.25) is 0 Å². The average Bonchev–Trinajstić information content (AvgIpc) is 2.00. The van der Waals surface area contributed by atoms with E-state index in [0.717, 1.165) is 0 Å². The Kier molecular flexibility index (Phi) is 6.33. The van der Waals surface area contributed by atoms with Crippen LogP contribution in [-0.4, -0.2) is 13.2 Å². The maximum atomic E-state index is 5.35. The van der Waals surface area contributed by atoms with E-state index >= 15 is 0 Å². The second kappa shape index (κ2) is 6.38. The molecular formula is C10H19O2P. The summed E-state index contributed by atoms with van der Waals surface area (Å²) < 4.78 is 10.7. The molecule has 0 radical (unpaired) electrons. The van der Waals surface area contributed by atoms with Crippen LogP contribution in [0.1, 0.15) is 34.6 Å². The zero-order valence-corrected chi connectivity index (χ0v) is 10.1. The van der Waals surface area contributed by atoms with E-state index < -0.39 is 8.38 Å². The average molecular weight is 202 g/mol. The Morgan fingerprint density at radius 3 is 1.85 bits per heavy atom. The monoisotopic (exact) mass is 202 g/mol. The lowest BCUT2D eigenvalue weighted by Crippen LogP contribution is -1.99. The maximum absolute atomic E-state index is 5.35. The molecule has 0 unspecified atom stereocenters. The summed E-state index contributed by atoms with van der Waals surface area (Å²) >= 11 is 0. The molecule has 2 nitrogen and oxygen atoms in total. The van der Waals surface area contributed by atoms with Gasteiger partial charge in [0.05, 0.1) is 13.2 Å². The summed E-state index contributed by atoms with van der Waals surface area (Å²) in [5, 5.41) is 0. The Morgan fingerprint density at radius 1 is 1.08 bits per heavy atom. The first-order valence-corrected chi connectivity index (χ1v) is 5.76. The molecule has 76 valence electrons. The summed E-state index contributed by atoms with van der Waals surface area (Å²) in [6.07, 6.45) is 0. The van der Waals surface area contributed by atoms with Crippen LogP contribution in [0.25, 0.3) is 0 Å². The van der Waals surface area contributed by atoms with Crippen molar-refractivity contribution in [2.75, 3.05) is 13.2 Å². The van der Waals surface area contributed by atoms with E-state index in [1.165, 1.54) is 0 Å². The van der Waals surface area contributed by atoms with Crippen LogP contribution >= 0.6 is 8.38 Å². The molecule has 0 aliphatic rings. The summed E-state index contributed by atoms with van der Waals surface area (Å²) in [5.74, 6) is 3.12. The second-order valence-electron chi connectivity index (χ2n) is 3.58. The molecule has 3 heteroatoms. The third kappa shape index (κ3) is 8.25. The second-order valence-corrected chi connectivity index (χ2v) is 4.83. The number of hydrogen-bond acceptors (Lipinski definition) is 2. The zero-order chi connectivity index (χ0) is 10.3. The van der Waals surface area contributed by atoms with Crippen LogP contribution in [0.15, 0.2) is 0 Å². The van der Waals surface area contributed by atoms with Crippen LogP contribution in [0.4, 0.5) is 0 Å². The standard InChI is InChI=1S/C10H19O2P/c1-6-11-13(12-7-2)9-8-10(3,4)5/h6-7H2,1-5H3. The van der Waals surface area contributed by atoms with Crippen molar-refractivity contribution in [3.63, 3.8) is 0 Å². The summed E-state index contributed by atoms with van der Waals surface area (Å²) in [7, 11) is -0.986. The number of hydrogen-bond donors (Lipinski definition) is 0. The summed E-state index contributed by atoms with van der Waals surface area (Å²) in [6, 6.07) is 0. The lowest BCUT2D eigenvalue weighted by Gasteiger charge is -2.11. The molecule has 0 rings (SSSR count). The van der Waals surface area contributed by atoms with Gasteiger partial charge in [-0.2, -0.15) is 0 Å². The minimum Gasteiger partial charge on any atom is -0.325 e. The van der Waals surface area contributed by atoms with Gasteiger partial charge in [0, 0.05) is 5.41 Å². The Balaban J connectivity index is 4.12. The SMILES string of the molecule is CCOP(C#CC(C)(C)C)OCC. The van der Waals surface area contributed by atoms with Crippen LogP contribution in [0, 0.1) is 17.0 Å². The minimum absolute atomic E-state index is 0.0226. The molecule has 13 heavy (non-hydrogen) atoms. The summed E-state index contributed by atoms with van der Waals surface area (Å²) in [5.41, 5.74) is 3.05. The predicted octanol–water partition coefficient (Wildman–Crippen LogP) is 3.38. The Labute approximate surface area is 82.9 Å². The lowest BCUT2D eigenvalue weighted by atomic mass is 9.99. The van der Waals surface area contributed by atoms with Gasteiger partial charge >= 0.3 is 0 Å². The van der Waals surface area contributed by atoms with E-state index in [1.807, 2.05) is 13.8 Å². The van der Waals surface area contributed by atoms with Crippen molar-refractivity contribution in [1.29, 1.82) is 0 Å². The molecule has 0 amide bonds. The van der Waals surface area contributed by atoms with Gasteiger partial charge in [-0.15, -0.1) is 0 Å². The molecule has 0 aliphatic carbocycles. The first-order valence-electron chi connectivity index (χ1n) is 4.58. The summed E-state index contributed by atoms with van der Waals surface area (Å²) in [6.45, 7) is 11.4. The molecule has 0 saturated heterocycles. The van der Waals surface area contributed by atoms with E-state index in [9.17, 15) is 0 Å². The summed E-state index contributed by atoms with van der Waals surface area (Å²) in [4.78, 5) is 0. The van der Waals surface area contributed by atoms with Crippen LogP contribution < -0.4 is 0 Å². The van der Waals surface area contributed by atoms with Gasteiger partial charge in [-0.25, -0.2) is 0 Å². The topological polar surface area (TPSA) is 18.5 Å². The number of rotatable bonds is 4. The lowest BCUT2D eigenvalue weighted by molar-refractivity contribution is 0.278. The van der Waals surface area contributed by atoms with Crippen molar-refractivity contribution >= 4 is 8.38 Å². The first-order chi connectivity index (χ1) is 5.99. The van der Waals surface area contributed by atoms with Crippen LogP contribution in [-0.2, 0) is 9.05 Å². The van der Waals surface area contributed by atoms with Crippen LogP contribution in [0.3, 0.4) is 0 Å². The van der Waals surface area contributed by atoms with E-state index in [1.54, 1.807) is 0 Å². The van der Waals surface area contributed by atoms with Gasteiger partial charge < -0.3 is 9.05 Å². The zero-order valence-electron chi connectivity index (χ0n) is 9.18. The fourth-order valence-electron chi connectivity index (χ4n) is 0.550. The van der Waals surface area contributed by atoms with Crippen LogP contribution in [0.5, 0.6) is 0 Å². The largest absolute Gasteiger partial charge is 0.325 e. The molecular weight excluding hydrogens is 183 g/mol. The van der Waals surface area contributed by atoms with Gasteiger partial charge in [-0.3, -0.25) is 0 Å². The fraction of sp³-hybridized carbons (Fsp3) is 0.800. The van der Waals surface area contributed by atoms with E-state index in [-0.39, 0.29) is 5.41 Å². The van der Waals surface area contributed by atoms with Gasteiger partial charge in [-0.05, 0) is 40.3 Å². The highest BCUT2D eigenvalue weighted by atomic mass is 31.2. The van der Waals surface area contributed by atoms with Crippen molar-refractivity contribution in [2.45, 2.75) is 34.6 Å². The van der Waals surface area contributed by atoms with E-state index in [4.69, 9.17) is 9.05 Å². The molecule has 0 N–H and O–H groups in total. The van der Waals surface area contributed by atoms with Gasteiger partial charge in [0.2, 0.25) is 0 Å². The molecule has 0 heterocycles. The molecule has 0 aromatic rings. The van der Waals surface area contributed by atoms with Crippen molar-refractivity contribution in [3.8, 4) is 11.6 Å². The van der Waals surface area contributed by atoms with Crippen molar-refractivity contribution in [1.82, 2.24) is 0 Å². The van der Waals surface area contributed by atoms with Gasteiger partial charge in [-0.1, -0.05) is 5.92 Å². The third-order valence-electron chi connectivity index (χ3n) is 1.01. The van der Waals surface area contributed by atoms with E-state index in [2.05, 4.69) is 32.4 Å². The Morgan fingerprint density at radius 2 is 1.54 bits per heavy atom. The molecule has 0 atom stereocenters. The highest BCUT2D eigenvalue weighted by Gasteiger charge is 2.08. The maximum Gasteiger partial charge on any atom is 0.256 e. The normalized spacial score (nSPS) is 11.2. The molecule has 0 saturated carbocycles. The van der Waals surface area contributed by atoms with Crippen molar-refractivity contribution in [2.24, 2.45) is 5.41 Å². The highest BCUT2D eigenvalue weighted by molar-refractivity contribution is 7.52. The van der Waals surface area contributed by atoms with Crippen molar-refractivity contribution < 1.29 is 9.05 Å². The minimum atomic E-state index is -0.986. The molecule has 0 aromatic carbocycles. The van der Waals surface area contributed by atoms with Gasteiger partial charge in [0.1, 0.15) is 0 Å². The molecule has 0 spiro atoms. The van der Waals surface area contributed by atoms with Crippen molar-refractivity contribution in [3.05, 3.63) is 0 Å². The molecule has 0 aromatic heterocycles.